The molecule has 3 saturated heterocycles. The van der Waals surface area contributed by atoms with Crippen molar-refractivity contribution in [3.8, 4) is 5.19 Å². The number of amides is 1. The maximum absolute atomic E-state index is 12.8. The molecule has 3 aliphatic heterocycles. The fourth-order valence-electron chi connectivity index (χ4n) is 3.53. The molecule has 1 amide bonds. The highest BCUT2D eigenvalue weighted by Gasteiger charge is 2.40. The van der Waals surface area contributed by atoms with Crippen LogP contribution in [0, 0.1) is 5.92 Å². The summed E-state index contributed by atoms with van der Waals surface area (Å²) in [6.45, 7) is 3.04. The molecule has 0 aromatic carbocycles. The van der Waals surface area contributed by atoms with E-state index in [9.17, 15) is 4.79 Å². The zero-order chi connectivity index (χ0) is 16.5. The normalized spacial score (nSPS) is 24.4. The Hall–Kier alpha value is -1.58. The molecule has 5 heterocycles. The van der Waals surface area contributed by atoms with E-state index in [2.05, 4.69) is 20.1 Å². The van der Waals surface area contributed by atoms with E-state index in [4.69, 9.17) is 4.74 Å². The number of nitrogens with zero attached hydrogens (tertiary/aromatic N) is 5. The first kappa shape index (κ1) is 15.9. The van der Waals surface area contributed by atoms with Gasteiger partial charge in [0.1, 0.15) is 5.01 Å². The molecule has 0 N–H and O–H groups in total. The van der Waals surface area contributed by atoms with E-state index in [0.29, 0.717) is 11.7 Å². The molecule has 5 rings (SSSR count). The number of rotatable bonds is 5. The van der Waals surface area contributed by atoms with Crippen molar-refractivity contribution in [3.05, 3.63) is 21.6 Å². The summed E-state index contributed by atoms with van der Waals surface area (Å²) < 4.78 is 5.11. The van der Waals surface area contributed by atoms with Crippen LogP contribution in [0.1, 0.15) is 23.5 Å². The maximum atomic E-state index is 12.8. The van der Waals surface area contributed by atoms with Crippen molar-refractivity contribution in [1.29, 1.82) is 0 Å². The van der Waals surface area contributed by atoms with Gasteiger partial charge in [-0.05, 0) is 12.8 Å². The van der Waals surface area contributed by atoms with E-state index in [1.165, 1.54) is 11.3 Å². The molecule has 0 aliphatic carbocycles. The summed E-state index contributed by atoms with van der Waals surface area (Å²) in [6, 6.07) is 0.257. The van der Waals surface area contributed by atoms with Crippen LogP contribution in [0.2, 0.25) is 0 Å². The standard InChI is InChI=1S/C15H19N5O2S2/c1-22-15-18-17-13(24-15)7-19-4-10-2-3-12(6-19)20(14(10)21)5-11-8-23-9-16-11/h8-10,12H,2-7H2,1H3/t10-,12+/m1/s1. The molecule has 2 atom stereocenters. The average Bonchev–Trinajstić information content (AvgIpc) is 3.18. The van der Waals surface area contributed by atoms with Crippen LogP contribution in [0.15, 0.2) is 10.9 Å². The van der Waals surface area contributed by atoms with Crippen LogP contribution in [-0.4, -0.2) is 57.1 Å². The molecule has 2 aromatic heterocycles. The van der Waals surface area contributed by atoms with E-state index in [-0.39, 0.29) is 17.9 Å². The summed E-state index contributed by atoms with van der Waals surface area (Å²) >= 11 is 3.04. The summed E-state index contributed by atoms with van der Waals surface area (Å²) in [7, 11) is 1.60. The predicted molar refractivity (Wildman–Crippen MR) is 90.9 cm³/mol. The van der Waals surface area contributed by atoms with Gasteiger partial charge in [0.25, 0.3) is 5.19 Å². The van der Waals surface area contributed by atoms with Gasteiger partial charge in [0.2, 0.25) is 5.91 Å². The number of methoxy groups -OCH3 is 1. The molecule has 2 aromatic rings. The lowest BCUT2D eigenvalue weighted by molar-refractivity contribution is -0.140. The third-order valence-corrected chi connectivity index (χ3v) is 6.17. The summed E-state index contributed by atoms with van der Waals surface area (Å²) in [4.78, 5) is 21.5. The number of carbonyl (C=O) groups excluding carboxylic acids is 1. The fraction of sp³-hybridized carbons (Fsp3) is 0.600. The lowest BCUT2D eigenvalue weighted by Crippen LogP contribution is -2.47. The number of ether oxygens (including phenoxy) is 1. The zero-order valence-corrected chi connectivity index (χ0v) is 15.1. The first-order chi connectivity index (χ1) is 11.7. The Labute approximate surface area is 148 Å². The van der Waals surface area contributed by atoms with E-state index in [0.717, 1.165) is 43.2 Å². The highest BCUT2D eigenvalue weighted by molar-refractivity contribution is 7.13. The number of fused-ring (bicyclic) bond motifs is 4. The number of thiazole rings is 1. The number of hydrogen-bond acceptors (Lipinski definition) is 8. The van der Waals surface area contributed by atoms with Gasteiger partial charge < -0.3 is 9.64 Å². The lowest BCUT2D eigenvalue weighted by atomic mass is 9.94. The van der Waals surface area contributed by atoms with Crippen LogP contribution < -0.4 is 4.74 Å². The van der Waals surface area contributed by atoms with Gasteiger partial charge in [0.15, 0.2) is 0 Å². The average molecular weight is 365 g/mol. The SMILES string of the molecule is COc1nnc(CN2C[C@H]3CC[C@@H](C2)N(Cc2cscn2)C3=O)s1. The summed E-state index contributed by atoms with van der Waals surface area (Å²) in [5.41, 5.74) is 2.81. The number of aromatic nitrogens is 3. The lowest BCUT2D eigenvalue weighted by Gasteiger charge is -2.35. The van der Waals surface area contributed by atoms with Gasteiger partial charge in [0.05, 0.1) is 37.3 Å². The zero-order valence-electron chi connectivity index (χ0n) is 13.4. The predicted octanol–water partition coefficient (Wildman–Crippen LogP) is 1.63. The van der Waals surface area contributed by atoms with Gasteiger partial charge in [-0.15, -0.1) is 21.5 Å². The van der Waals surface area contributed by atoms with E-state index < -0.39 is 0 Å². The van der Waals surface area contributed by atoms with Crippen LogP contribution >= 0.6 is 22.7 Å². The van der Waals surface area contributed by atoms with Crippen molar-refractivity contribution in [2.24, 2.45) is 5.92 Å². The third kappa shape index (κ3) is 3.15. The van der Waals surface area contributed by atoms with Gasteiger partial charge in [0, 0.05) is 24.5 Å². The third-order valence-electron chi connectivity index (χ3n) is 4.67. The maximum Gasteiger partial charge on any atom is 0.293 e. The molecular formula is C15H19N5O2S2. The van der Waals surface area contributed by atoms with Crippen LogP contribution in [0.4, 0.5) is 0 Å². The highest BCUT2D eigenvalue weighted by Crippen LogP contribution is 2.31. The molecule has 24 heavy (non-hydrogen) atoms. The van der Waals surface area contributed by atoms with Gasteiger partial charge in [-0.25, -0.2) is 4.98 Å². The molecule has 9 heteroatoms. The minimum absolute atomic E-state index is 0.0807. The van der Waals surface area contributed by atoms with Crippen LogP contribution in [-0.2, 0) is 17.9 Å². The molecule has 0 unspecified atom stereocenters. The highest BCUT2D eigenvalue weighted by atomic mass is 32.1. The van der Waals surface area contributed by atoms with Crippen molar-refractivity contribution in [2.45, 2.75) is 32.0 Å². The molecule has 0 saturated carbocycles. The number of piperidine rings is 1. The molecule has 7 nitrogen and oxygen atoms in total. The van der Waals surface area contributed by atoms with E-state index in [1.807, 2.05) is 15.8 Å². The minimum Gasteiger partial charge on any atom is -0.472 e. The summed E-state index contributed by atoms with van der Waals surface area (Å²) in [5, 5.41) is 11.7. The summed E-state index contributed by atoms with van der Waals surface area (Å²) in [5.74, 6) is 0.355. The Bertz CT molecular complexity index is 705. The smallest absolute Gasteiger partial charge is 0.293 e. The topological polar surface area (TPSA) is 71.5 Å². The monoisotopic (exact) mass is 365 g/mol. The Morgan fingerprint density at radius 1 is 1.29 bits per heavy atom. The van der Waals surface area contributed by atoms with Crippen molar-refractivity contribution in [1.82, 2.24) is 25.0 Å². The van der Waals surface area contributed by atoms with Gasteiger partial charge in [-0.2, -0.15) is 0 Å². The van der Waals surface area contributed by atoms with Crippen molar-refractivity contribution in [3.63, 3.8) is 0 Å². The second kappa shape index (κ2) is 6.73. The van der Waals surface area contributed by atoms with Gasteiger partial charge in [-0.3, -0.25) is 9.69 Å². The van der Waals surface area contributed by atoms with Gasteiger partial charge >= 0.3 is 0 Å². The molecule has 3 aliphatic rings. The number of hydrogen-bond donors (Lipinski definition) is 0. The molecular weight excluding hydrogens is 346 g/mol. The first-order valence-electron chi connectivity index (χ1n) is 7.99. The molecule has 0 spiro atoms. The van der Waals surface area contributed by atoms with Crippen molar-refractivity contribution >= 4 is 28.6 Å². The molecule has 128 valence electrons. The van der Waals surface area contributed by atoms with Crippen LogP contribution in [0.5, 0.6) is 5.19 Å². The molecule has 3 fully saturated rings. The molecule has 0 radical (unpaired) electrons. The van der Waals surface area contributed by atoms with Crippen LogP contribution in [0.3, 0.4) is 0 Å². The van der Waals surface area contributed by atoms with Crippen molar-refractivity contribution in [2.75, 3.05) is 20.2 Å². The minimum atomic E-state index is 0.0807. The Morgan fingerprint density at radius 3 is 2.96 bits per heavy atom. The quantitative estimate of drug-likeness (QED) is 0.802. The Kier molecular flexibility index (Phi) is 4.47. The van der Waals surface area contributed by atoms with Crippen LogP contribution in [0.25, 0.3) is 0 Å². The Morgan fingerprint density at radius 2 is 2.21 bits per heavy atom. The largest absolute Gasteiger partial charge is 0.472 e. The van der Waals surface area contributed by atoms with Gasteiger partial charge in [-0.1, -0.05) is 11.3 Å². The number of carbonyl (C=O) groups is 1. The summed E-state index contributed by atoms with van der Waals surface area (Å²) in [6.07, 6.45) is 2.05. The first-order valence-corrected chi connectivity index (χ1v) is 9.75. The van der Waals surface area contributed by atoms with E-state index in [1.54, 1.807) is 18.4 Å². The molecule has 2 bridgehead atoms. The fourth-order valence-corrected chi connectivity index (χ4v) is 4.78. The second-order valence-electron chi connectivity index (χ2n) is 6.23. The van der Waals surface area contributed by atoms with E-state index >= 15 is 0 Å². The second-order valence-corrected chi connectivity index (χ2v) is 7.98. The Balaban J connectivity index is 1.48. The van der Waals surface area contributed by atoms with Crippen molar-refractivity contribution < 1.29 is 9.53 Å².